The summed E-state index contributed by atoms with van der Waals surface area (Å²) in [6, 6.07) is 5.79. The molecule has 1 aromatic carbocycles. The summed E-state index contributed by atoms with van der Waals surface area (Å²) in [6.07, 6.45) is 0. The Kier molecular flexibility index (Phi) is 3.42. The Balaban J connectivity index is 1.97. The van der Waals surface area contributed by atoms with Gasteiger partial charge in [-0.3, -0.25) is 4.79 Å². The number of carbonyl (C=O) groups excluding carboxylic acids is 1. The number of morpholine rings is 1. The highest BCUT2D eigenvalue weighted by atomic mass is 16.5. The van der Waals surface area contributed by atoms with Gasteiger partial charge in [0.1, 0.15) is 5.52 Å². The van der Waals surface area contributed by atoms with Crippen molar-refractivity contribution >= 4 is 22.6 Å². The van der Waals surface area contributed by atoms with Crippen LogP contribution < -0.4 is 10.2 Å². The van der Waals surface area contributed by atoms with Crippen molar-refractivity contribution in [3.05, 3.63) is 24.0 Å². The van der Waals surface area contributed by atoms with Crippen LogP contribution in [-0.2, 0) is 4.74 Å². The van der Waals surface area contributed by atoms with Gasteiger partial charge in [-0.2, -0.15) is 0 Å². The molecule has 0 spiro atoms. The molecule has 2 aromatic rings. The highest BCUT2D eigenvalue weighted by Crippen LogP contribution is 2.20. The SMILES string of the molecule is CNC(=O)c1nnc2ccc(N3CCOCC3)cc2n1. The Hall–Kier alpha value is -2.28. The van der Waals surface area contributed by atoms with Crippen molar-refractivity contribution in [3.8, 4) is 0 Å². The van der Waals surface area contributed by atoms with Gasteiger partial charge in [0.25, 0.3) is 5.91 Å². The van der Waals surface area contributed by atoms with Crippen molar-refractivity contribution < 1.29 is 9.53 Å². The summed E-state index contributed by atoms with van der Waals surface area (Å²) in [4.78, 5) is 18.0. The second-order valence-corrected chi connectivity index (χ2v) is 4.49. The topological polar surface area (TPSA) is 80.2 Å². The zero-order chi connectivity index (χ0) is 13.9. The Labute approximate surface area is 116 Å². The van der Waals surface area contributed by atoms with Gasteiger partial charge in [-0.05, 0) is 18.2 Å². The summed E-state index contributed by atoms with van der Waals surface area (Å²) in [5, 5.41) is 10.3. The van der Waals surface area contributed by atoms with E-state index < -0.39 is 0 Å². The number of fused-ring (bicyclic) bond motifs is 1. The Morgan fingerprint density at radius 1 is 1.25 bits per heavy atom. The summed E-state index contributed by atoms with van der Waals surface area (Å²) in [5.74, 6) is -0.254. The summed E-state index contributed by atoms with van der Waals surface area (Å²) in [5.41, 5.74) is 2.40. The van der Waals surface area contributed by atoms with Gasteiger partial charge in [-0.25, -0.2) is 4.98 Å². The van der Waals surface area contributed by atoms with Crippen LogP contribution in [0.1, 0.15) is 10.6 Å². The molecule has 7 heteroatoms. The van der Waals surface area contributed by atoms with E-state index in [0.29, 0.717) is 11.0 Å². The molecule has 1 aliphatic rings. The second kappa shape index (κ2) is 5.38. The monoisotopic (exact) mass is 273 g/mol. The molecule has 0 aliphatic carbocycles. The third-order valence-corrected chi connectivity index (χ3v) is 3.24. The number of nitrogens with zero attached hydrogens (tertiary/aromatic N) is 4. The van der Waals surface area contributed by atoms with Crippen LogP contribution in [0.2, 0.25) is 0 Å². The van der Waals surface area contributed by atoms with Crippen molar-refractivity contribution in [2.45, 2.75) is 0 Å². The zero-order valence-electron chi connectivity index (χ0n) is 11.2. The van der Waals surface area contributed by atoms with Crippen molar-refractivity contribution in [1.29, 1.82) is 0 Å². The van der Waals surface area contributed by atoms with Gasteiger partial charge in [0.05, 0.1) is 18.7 Å². The van der Waals surface area contributed by atoms with Crippen LogP contribution in [0.3, 0.4) is 0 Å². The first-order valence-electron chi connectivity index (χ1n) is 6.47. The van der Waals surface area contributed by atoms with E-state index in [1.165, 1.54) is 0 Å². The van der Waals surface area contributed by atoms with Gasteiger partial charge in [0.15, 0.2) is 0 Å². The van der Waals surface area contributed by atoms with E-state index in [9.17, 15) is 4.79 Å². The fraction of sp³-hybridized carbons (Fsp3) is 0.385. The molecule has 7 nitrogen and oxygen atoms in total. The van der Waals surface area contributed by atoms with Crippen LogP contribution in [0.15, 0.2) is 18.2 Å². The molecule has 1 amide bonds. The maximum Gasteiger partial charge on any atom is 0.290 e. The predicted molar refractivity (Wildman–Crippen MR) is 73.8 cm³/mol. The normalized spacial score (nSPS) is 15.3. The average Bonchev–Trinajstić information content (AvgIpc) is 2.54. The maximum atomic E-state index is 11.5. The molecule has 0 bridgehead atoms. The summed E-state index contributed by atoms with van der Waals surface area (Å²) < 4.78 is 5.34. The van der Waals surface area contributed by atoms with Crippen LogP contribution >= 0.6 is 0 Å². The van der Waals surface area contributed by atoms with Gasteiger partial charge in [-0.1, -0.05) is 0 Å². The minimum Gasteiger partial charge on any atom is -0.378 e. The minimum absolute atomic E-state index is 0.0825. The number of anilines is 1. The van der Waals surface area contributed by atoms with E-state index in [-0.39, 0.29) is 11.7 Å². The molecular formula is C13H15N5O2. The molecule has 0 saturated carbocycles. The van der Waals surface area contributed by atoms with Gasteiger partial charge in [-0.15, -0.1) is 10.2 Å². The van der Waals surface area contributed by atoms with E-state index >= 15 is 0 Å². The number of benzene rings is 1. The Bertz CT molecular complexity index is 640. The second-order valence-electron chi connectivity index (χ2n) is 4.49. The first-order valence-corrected chi connectivity index (χ1v) is 6.47. The molecule has 1 aliphatic heterocycles. The minimum atomic E-state index is -0.337. The number of hydrogen-bond acceptors (Lipinski definition) is 6. The predicted octanol–water partition coefficient (Wildman–Crippen LogP) is 0.221. The first-order chi connectivity index (χ1) is 9.78. The molecule has 0 radical (unpaired) electrons. The van der Waals surface area contributed by atoms with Crippen LogP contribution in [0, 0.1) is 0 Å². The lowest BCUT2D eigenvalue weighted by atomic mass is 10.2. The van der Waals surface area contributed by atoms with Crippen molar-refractivity contribution in [1.82, 2.24) is 20.5 Å². The van der Waals surface area contributed by atoms with Gasteiger partial charge < -0.3 is 15.0 Å². The zero-order valence-corrected chi connectivity index (χ0v) is 11.2. The van der Waals surface area contributed by atoms with Gasteiger partial charge in [0, 0.05) is 25.8 Å². The van der Waals surface area contributed by atoms with Crippen molar-refractivity contribution in [2.24, 2.45) is 0 Å². The fourth-order valence-corrected chi connectivity index (χ4v) is 2.15. The summed E-state index contributed by atoms with van der Waals surface area (Å²) >= 11 is 0. The first kappa shape index (κ1) is 12.7. The lowest BCUT2D eigenvalue weighted by Gasteiger charge is -2.28. The molecule has 0 atom stereocenters. The quantitative estimate of drug-likeness (QED) is 0.843. The lowest BCUT2D eigenvalue weighted by Crippen LogP contribution is -2.36. The molecule has 0 unspecified atom stereocenters. The van der Waals surface area contributed by atoms with Crippen molar-refractivity contribution in [3.63, 3.8) is 0 Å². The number of carbonyl (C=O) groups is 1. The van der Waals surface area contributed by atoms with Crippen LogP contribution in [0.5, 0.6) is 0 Å². The highest BCUT2D eigenvalue weighted by molar-refractivity contribution is 5.91. The van der Waals surface area contributed by atoms with E-state index in [0.717, 1.165) is 32.0 Å². The molecule has 1 aromatic heterocycles. The summed E-state index contributed by atoms with van der Waals surface area (Å²) in [7, 11) is 1.54. The number of rotatable bonds is 2. The number of hydrogen-bond donors (Lipinski definition) is 1. The third-order valence-electron chi connectivity index (χ3n) is 3.24. The van der Waals surface area contributed by atoms with E-state index in [4.69, 9.17) is 4.74 Å². The fourth-order valence-electron chi connectivity index (χ4n) is 2.15. The molecule has 1 N–H and O–H groups in total. The molecule has 1 saturated heterocycles. The maximum absolute atomic E-state index is 11.5. The van der Waals surface area contributed by atoms with E-state index in [2.05, 4.69) is 25.4 Å². The molecule has 1 fully saturated rings. The smallest absolute Gasteiger partial charge is 0.290 e. The standard InChI is InChI=1S/C13H15N5O2/c1-14-13(19)12-15-11-8-9(2-3-10(11)16-17-12)18-4-6-20-7-5-18/h2-3,8H,4-7H2,1H3,(H,14,19). The molecule has 20 heavy (non-hydrogen) atoms. The molecule has 2 heterocycles. The number of amides is 1. The van der Waals surface area contributed by atoms with E-state index in [1.807, 2.05) is 18.2 Å². The Morgan fingerprint density at radius 3 is 2.80 bits per heavy atom. The average molecular weight is 273 g/mol. The molecule has 3 rings (SSSR count). The highest BCUT2D eigenvalue weighted by Gasteiger charge is 2.13. The Morgan fingerprint density at radius 2 is 2.05 bits per heavy atom. The van der Waals surface area contributed by atoms with Gasteiger partial charge in [0.2, 0.25) is 5.82 Å². The van der Waals surface area contributed by atoms with Crippen LogP contribution in [0.4, 0.5) is 5.69 Å². The lowest BCUT2D eigenvalue weighted by molar-refractivity contribution is 0.0952. The molecule has 104 valence electrons. The third kappa shape index (κ3) is 2.39. The van der Waals surface area contributed by atoms with Gasteiger partial charge >= 0.3 is 0 Å². The van der Waals surface area contributed by atoms with Crippen LogP contribution in [-0.4, -0.2) is 54.4 Å². The van der Waals surface area contributed by atoms with Crippen molar-refractivity contribution in [2.75, 3.05) is 38.3 Å². The summed E-state index contributed by atoms with van der Waals surface area (Å²) in [6.45, 7) is 3.16. The number of nitrogens with one attached hydrogen (secondary N) is 1. The number of aromatic nitrogens is 3. The molecular weight excluding hydrogens is 258 g/mol. The van der Waals surface area contributed by atoms with E-state index in [1.54, 1.807) is 7.05 Å². The van der Waals surface area contributed by atoms with Crippen LogP contribution in [0.25, 0.3) is 11.0 Å². The number of ether oxygens (including phenoxy) is 1. The largest absolute Gasteiger partial charge is 0.378 e.